The van der Waals surface area contributed by atoms with Crippen molar-refractivity contribution in [1.82, 2.24) is 25.1 Å². The predicted molar refractivity (Wildman–Crippen MR) is 110 cm³/mol. The van der Waals surface area contributed by atoms with Crippen molar-refractivity contribution in [2.45, 2.75) is 12.8 Å². The second kappa shape index (κ2) is 8.50. The molecule has 4 heterocycles. The summed E-state index contributed by atoms with van der Waals surface area (Å²) in [4.78, 5) is 51.3. The smallest absolute Gasteiger partial charge is 0.290 e. The molecule has 1 aromatic rings. The summed E-state index contributed by atoms with van der Waals surface area (Å²) < 4.78 is 0. The Morgan fingerprint density at radius 2 is 1.90 bits per heavy atom. The van der Waals surface area contributed by atoms with Gasteiger partial charge >= 0.3 is 0 Å². The van der Waals surface area contributed by atoms with Crippen molar-refractivity contribution < 1.29 is 14.4 Å². The number of nitrogens with one attached hydrogen (secondary N) is 1. The van der Waals surface area contributed by atoms with Crippen LogP contribution >= 0.6 is 11.8 Å². The average Bonchev–Trinajstić information content (AvgIpc) is 3.05. The quantitative estimate of drug-likeness (QED) is 0.722. The Hall–Kier alpha value is -2.46. The maximum absolute atomic E-state index is 12.8. The minimum atomic E-state index is -0.400. The summed E-state index contributed by atoms with van der Waals surface area (Å²) in [5, 5.41) is 1.86. The number of hydrogen-bond donors (Lipinski definition) is 1. The van der Waals surface area contributed by atoms with Gasteiger partial charge in [0.1, 0.15) is 0 Å². The van der Waals surface area contributed by atoms with Gasteiger partial charge in [0, 0.05) is 51.4 Å². The van der Waals surface area contributed by atoms with E-state index >= 15 is 0 Å². The van der Waals surface area contributed by atoms with E-state index in [1.54, 1.807) is 18.3 Å². The van der Waals surface area contributed by atoms with E-state index in [9.17, 15) is 14.4 Å². The average molecular weight is 417 g/mol. The highest BCUT2D eigenvalue weighted by atomic mass is 32.2. The number of piperidine rings is 1. The number of likely N-dealkylation sites (N-methyl/N-ethyl adjacent to an activating group) is 1. The van der Waals surface area contributed by atoms with Gasteiger partial charge < -0.3 is 14.7 Å². The molecule has 0 bridgehead atoms. The molecule has 3 amide bonds. The minimum absolute atomic E-state index is 0.0598. The predicted octanol–water partition coefficient (Wildman–Crippen LogP) is 0.791. The van der Waals surface area contributed by atoms with Gasteiger partial charge in [0.25, 0.3) is 11.1 Å². The van der Waals surface area contributed by atoms with Gasteiger partial charge in [0.15, 0.2) is 0 Å². The van der Waals surface area contributed by atoms with Gasteiger partial charge in [-0.3, -0.25) is 19.7 Å². The molecule has 0 radical (unpaired) electrons. The van der Waals surface area contributed by atoms with Gasteiger partial charge in [0.05, 0.1) is 10.6 Å². The molecule has 0 aliphatic carbocycles. The third-order valence-electron chi connectivity index (χ3n) is 5.53. The van der Waals surface area contributed by atoms with Crippen LogP contribution in [0.1, 0.15) is 18.5 Å². The molecule has 0 saturated carbocycles. The molecule has 29 heavy (non-hydrogen) atoms. The number of imide groups is 1. The minimum Gasteiger partial charge on any atom is -0.341 e. The van der Waals surface area contributed by atoms with E-state index in [2.05, 4.69) is 32.1 Å². The Morgan fingerprint density at radius 1 is 1.17 bits per heavy atom. The van der Waals surface area contributed by atoms with E-state index < -0.39 is 5.91 Å². The summed E-state index contributed by atoms with van der Waals surface area (Å²) in [6.45, 7) is 4.92. The van der Waals surface area contributed by atoms with E-state index in [0.717, 1.165) is 63.9 Å². The van der Waals surface area contributed by atoms with Crippen LogP contribution in [0.2, 0.25) is 0 Å². The number of anilines is 1. The van der Waals surface area contributed by atoms with Crippen LogP contribution in [-0.4, -0.2) is 83.1 Å². The molecule has 3 saturated heterocycles. The van der Waals surface area contributed by atoms with Crippen LogP contribution in [0, 0.1) is 5.92 Å². The molecule has 0 unspecified atom stereocenters. The maximum Gasteiger partial charge on any atom is 0.290 e. The maximum atomic E-state index is 12.8. The molecule has 154 valence electrons. The van der Waals surface area contributed by atoms with Gasteiger partial charge in [-0.1, -0.05) is 0 Å². The fourth-order valence-electron chi connectivity index (χ4n) is 3.76. The first kappa shape index (κ1) is 19.8. The lowest BCUT2D eigenvalue weighted by Crippen LogP contribution is -2.50. The second-order valence-electron chi connectivity index (χ2n) is 7.52. The number of amides is 3. The molecule has 9 nitrogen and oxygen atoms in total. The van der Waals surface area contributed by atoms with Crippen molar-refractivity contribution in [3.8, 4) is 0 Å². The van der Waals surface area contributed by atoms with Gasteiger partial charge in [0.2, 0.25) is 11.9 Å². The lowest BCUT2D eigenvalue weighted by molar-refractivity contribution is -0.137. The molecule has 10 heteroatoms. The number of rotatable bonds is 3. The van der Waals surface area contributed by atoms with Crippen LogP contribution in [0.15, 0.2) is 17.2 Å². The first-order chi connectivity index (χ1) is 14.0. The fraction of sp³-hybridized carbons (Fsp3) is 0.526. The monoisotopic (exact) mass is 416 g/mol. The van der Waals surface area contributed by atoms with E-state index in [0.29, 0.717) is 16.5 Å². The van der Waals surface area contributed by atoms with Gasteiger partial charge in [-0.15, -0.1) is 0 Å². The molecular formula is C19H24N6O3S. The molecular weight excluding hydrogens is 392 g/mol. The van der Waals surface area contributed by atoms with Gasteiger partial charge in [-0.25, -0.2) is 9.97 Å². The molecule has 1 aromatic heterocycles. The lowest BCUT2D eigenvalue weighted by atomic mass is 9.95. The molecule has 3 aliphatic heterocycles. The topological polar surface area (TPSA) is 98.7 Å². The van der Waals surface area contributed by atoms with Crippen LogP contribution < -0.4 is 10.2 Å². The van der Waals surface area contributed by atoms with Crippen LogP contribution in [0.25, 0.3) is 6.08 Å². The summed E-state index contributed by atoms with van der Waals surface area (Å²) >= 11 is 0.869. The van der Waals surface area contributed by atoms with Crippen LogP contribution in [0.5, 0.6) is 0 Å². The van der Waals surface area contributed by atoms with Crippen molar-refractivity contribution in [3.63, 3.8) is 0 Å². The molecule has 0 atom stereocenters. The fourth-order valence-corrected chi connectivity index (χ4v) is 4.43. The van der Waals surface area contributed by atoms with Crippen molar-refractivity contribution in [1.29, 1.82) is 0 Å². The van der Waals surface area contributed by atoms with Gasteiger partial charge in [-0.2, -0.15) is 0 Å². The zero-order valence-corrected chi connectivity index (χ0v) is 17.2. The summed E-state index contributed by atoms with van der Waals surface area (Å²) in [6.07, 6.45) is 4.81. The highest BCUT2D eigenvalue weighted by Crippen LogP contribution is 2.26. The Balaban J connectivity index is 1.36. The van der Waals surface area contributed by atoms with Crippen molar-refractivity contribution in [3.05, 3.63) is 22.9 Å². The Bertz CT molecular complexity index is 844. The number of carbonyl (C=O) groups excluding carboxylic acids is 3. The van der Waals surface area contributed by atoms with Crippen LogP contribution in [0.3, 0.4) is 0 Å². The van der Waals surface area contributed by atoms with E-state index in [1.807, 2.05) is 4.90 Å². The third kappa shape index (κ3) is 4.59. The third-order valence-corrected chi connectivity index (χ3v) is 6.34. The second-order valence-corrected chi connectivity index (χ2v) is 8.54. The number of hydrogen-bond acceptors (Lipinski definition) is 8. The Labute approximate surface area is 173 Å². The Morgan fingerprint density at radius 3 is 2.55 bits per heavy atom. The van der Waals surface area contributed by atoms with E-state index in [4.69, 9.17) is 0 Å². The van der Waals surface area contributed by atoms with Crippen molar-refractivity contribution in [2.75, 3.05) is 51.2 Å². The summed E-state index contributed by atoms with van der Waals surface area (Å²) in [6, 6.07) is 1.71. The number of piperazine rings is 1. The SMILES string of the molecule is CN1CCN(C(=O)C2CCN(c3nccc(/C=C4/SC(=O)NC4=O)n3)CC2)CC1. The largest absolute Gasteiger partial charge is 0.341 e. The van der Waals surface area contributed by atoms with Crippen molar-refractivity contribution >= 4 is 40.8 Å². The standard InChI is InChI=1S/C19H24N6O3S/c1-23-8-10-24(11-9-23)17(27)13-3-6-25(7-4-13)18-20-5-2-14(21-18)12-15-16(26)22-19(28)29-15/h2,5,12-13H,3-4,6-11H2,1H3,(H,22,26,28)/b15-12+. The van der Waals surface area contributed by atoms with Crippen LogP contribution in [-0.2, 0) is 9.59 Å². The molecule has 3 fully saturated rings. The van der Waals surface area contributed by atoms with E-state index in [1.165, 1.54) is 0 Å². The number of carbonyl (C=O) groups is 3. The lowest BCUT2D eigenvalue weighted by Gasteiger charge is -2.37. The highest BCUT2D eigenvalue weighted by Gasteiger charge is 2.31. The highest BCUT2D eigenvalue weighted by molar-refractivity contribution is 8.18. The van der Waals surface area contributed by atoms with Gasteiger partial charge in [-0.05, 0) is 43.8 Å². The molecule has 4 rings (SSSR count). The zero-order chi connectivity index (χ0) is 20.4. The number of thioether (sulfide) groups is 1. The van der Waals surface area contributed by atoms with E-state index in [-0.39, 0.29) is 17.1 Å². The Kier molecular flexibility index (Phi) is 5.81. The zero-order valence-electron chi connectivity index (χ0n) is 16.3. The first-order valence-electron chi connectivity index (χ1n) is 9.80. The van der Waals surface area contributed by atoms with Crippen molar-refractivity contribution in [2.24, 2.45) is 5.92 Å². The summed E-state index contributed by atoms with van der Waals surface area (Å²) in [5.74, 6) is 0.513. The number of aromatic nitrogens is 2. The molecule has 0 spiro atoms. The molecule has 0 aromatic carbocycles. The first-order valence-corrected chi connectivity index (χ1v) is 10.6. The molecule has 1 N–H and O–H groups in total. The number of nitrogens with zero attached hydrogens (tertiary/aromatic N) is 5. The summed E-state index contributed by atoms with van der Waals surface area (Å²) in [5.41, 5.74) is 0.581. The normalized spacial score (nSPS) is 23.0. The summed E-state index contributed by atoms with van der Waals surface area (Å²) in [7, 11) is 2.08. The van der Waals surface area contributed by atoms with Crippen LogP contribution in [0.4, 0.5) is 10.7 Å². The molecule has 3 aliphatic rings.